The smallest absolute Gasteiger partial charge is 0.256 e. The van der Waals surface area contributed by atoms with Crippen molar-refractivity contribution in [3.8, 4) is 0 Å². The second-order valence-corrected chi connectivity index (χ2v) is 6.82. The summed E-state index contributed by atoms with van der Waals surface area (Å²) in [7, 11) is -3.85. The van der Waals surface area contributed by atoms with Crippen LogP contribution in [0.5, 0.6) is 0 Å². The number of benzene rings is 1. The SMILES string of the molecule is CCNCc1ccc(S(=O)(=O)NN2CCCCC2)c(F)c1. The summed E-state index contributed by atoms with van der Waals surface area (Å²) in [6, 6.07) is 4.23. The number of rotatable bonds is 6. The lowest BCUT2D eigenvalue weighted by Crippen LogP contribution is -2.45. The largest absolute Gasteiger partial charge is 0.313 e. The van der Waals surface area contributed by atoms with E-state index in [-0.39, 0.29) is 4.90 Å². The van der Waals surface area contributed by atoms with E-state index in [1.807, 2.05) is 6.92 Å². The molecule has 1 fully saturated rings. The summed E-state index contributed by atoms with van der Waals surface area (Å²) < 4.78 is 38.5. The van der Waals surface area contributed by atoms with Gasteiger partial charge in [-0.1, -0.05) is 19.4 Å². The van der Waals surface area contributed by atoms with Gasteiger partial charge in [-0.25, -0.2) is 17.8 Å². The molecule has 0 bridgehead atoms. The lowest BCUT2D eigenvalue weighted by atomic mass is 10.2. The number of halogens is 1. The van der Waals surface area contributed by atoms with E-state index < -0.39 is 15.8 Å². The van der Waals surface area contributed by atoms with Gasteiger partial charge in [0.15, 0.2) is 0 Å². The summed E-state index contributed by atoms with van der Waals surface area (Å²) in [6.07, 6.45) is 3.00. The first-order valence-corrected chi connectivity index (χ1v) is 8.78. The summed E-state index contributed by atoms with van der Waals surface area (Å²) in [5, 5.41) is 4.72. The Kier molecular flexibility index (Phi) is 5.69. The van der Waals surface area contributed by atoms with E-state index in [2.05, 4.69) is 10.1 Å². The molecule has 118 valence electrons. The van der Waals surface area contributed by atoms with Crippen LogP contribution in [0.4, 0.5) is 4.39 Å². The summed E-state index contributed by atoms with van der Waals surface area (Å²) in [5.41, 5.74) is 0.728. The highest BCUT2D eigenvalue weighted by Crippen LogP contribution is 2.17. The number of hydrogen-bond donors (Lipinski definition) is 2. The van der Waals surface area contributed by atoms with Crippen molar-refractivity contribution in [1.29, 1.82) is 0 Å². The first kappa shape index (κ1) is 16.4. The highest BCUT2D eigenvalue weighted by molar-refractivity contribution is 7.89. The minimum absolute atomic E-state index is 0.298. The number of hydrogen-bond acceptors (Lipinski definition) is 4. The number of hydrazine groups is 1. The van der Waals surface area contributed by atoms with Crippen molar-refractivity contribution >= 4 is 10.0 Å². The molecule has 0 atom stereocenters. The van der Waals surface area contributed by atoms with Gasteiger partial charge in [0.2, 0.25) is 0 Å². The van der Waals surface area contributed by atoms with Gasteiger partial charge in [0.1, 0.15) is 10.7 Å². The van der Waals surface area contributed by atoms with Gasteiger partial charge in [0.05, 0.1) is 0 Å². The Morgan fingerprint density at radius 1 is 1.24 bits per heavy atom. The van der Waals surface area contributed by atoms with E-state index in [4.69, 9.17) is 0 Å². The molecule has 1 saturated heterocycles. The number of nitrogens with zero attached hydrogens (tertiary/aromatic N) is 1. The summed E-state index contributed by atoms with van der Waals surface area (Å²) in [6.45, 7) is 4.59. The zero-order valence-electron chi connectivity index (χ0n) is 12.2. The van der Waals surface area contributed by atoms with Crippen LogP contribution in [0.3, 0.4) is 0 Å². The maximum atomic E-state index is 14.1. The van der Waals surface area contributed by atoms with Gasteiger partial charge in [0, 0.05) is 19.6 Å². The van der Waals surface area contributed by atoms with E-state index >= 15 is 0 Å². The van der Waals surface area contributed by atoms with Gasteiger partial charge in [-0.05, 0) is 37.1 Å². The second-order valence-electron chi connectivity index (χ2n) is 5.19. The third kappa shape index (κ3) is 4.47. The van der Waals surface area contributed by atoms with Crippen LogP contribution in [0.2, 0.25) is 0 Å². The van der Waals surface area contributed by atoms with Crippen LogP contribution in [0.25, 0.3) is 0 Å². The highest BCUT2D eigenvalue weighted by atomic mass is 32.2. The fourth-order valence-corrected chi connectivity index (χ4v) is 3.53. The fraction of sp³-hybridized carbons (Fsp3) is 0.571. The molecule has 1 aliphatic rings. The average Bonchev–Trinajstić information content (AvgIpc) is 2.45. The van der Waals surface area contributed by atoms with E-state index in [9.17, 15) is 12.8 Å². The van der Waals surface area contributed by atoms with E-state index in [1.165, 1.54) is 12.1 Å². The summed E-state index contributed by atoms with van der Waals surface area (Å²) >= 11 is 0. The molecule has 1 aromatic rings. The molecule has 2 N–H and O–H groups in total. The first-order chi connectivity index (χ1) is 10.0. The monoisotopic (exact) mass is 315 g/mol. The molecule has 0 unspecified atom stereocenters. The molecule has 0 spiro atoms. The molecule has 1 aliphatic heterocycles. The Morgan fingerprint density at radius 3 is 2.57 bits per heavy atom. The molecule has 7 heteroatoms. The van der Waals surface area contributed by atoms with Crippen LogP contribution in [-0.2, 0) is 16.6 Å². The maximum absolute atomic E-state index is 14.1. The Hall–Kier alpha value is -1.02. The molecule has 0 saturated carbocycles. The van der Waals surface area contributed by atoms with Gasteiger partial charge in [-0.3, -0.25) is 0 Å². The quantitative estimate of drug-likeness (QED) is 0.837. The molecule has 1 aromatic carbocycles. The first-order valence-electron chi connectivity index (χ1n) is 7.29. The molecule has 2 rings (SSSR count). The number of piperidine rings is 1. The Balaban J connectivity index is 2.11. The zero-order valence-corrected chi connectivity index (χ0v) is 13.0. The van der Waals surface area contributed by atoms with Crippen molar-refractivity contribution in [2.24, 2.45) is 0 Å². The van der Waals surface area contributed by atoms with Gasteiger partial charge in [-0.2, -0.15) is 0 Å². The molecule has 0 aliphatic carbocycles. The molecular formula is C14H22FN3O2S. The summed E-state index contributed by atoms with van der Waals surface area (Å²) in [5.74, 6) is -0.713. The van der Waals surface area contributed by atoms with Crippen LogP contribution in [0.15, 0.2) is 23.1 Å². The minimum Gasteiger partial charge on any atom is -0.313 e. The Bertz CT molecular complexity index is 572. The van der Waals surface area contributed by atoms with Crippen LogP contribution < -0.4 is 10.1 Å². The second kappa shape index (κ2) is 7.31. The van der Waals surface area contributed by atoms with Crippen LogP contribution in [0, 0.1) is 5.82 Å². The van der Waals surface area contributed by atoms with Gasteiger partial charge < -0.3 is 5.32 Å². The van der Waals surface area contributed by atoms with E-state index in [1.54, 1.807) is 11.1 Å². The normalized spacial score (nSPS) is 17.0. The average molecular weight is 315 g/mol. The number of sulfonamides is 1. The molecule has 0 amide bonds. The van der Waals surface area contributed by atoms with Crippen molar-refractivity contribution in [2.75, 3.05) is 19.6 Å². The molecule has 5 nitrogen and oxygen atoms in total. The molecular weight excluding hydrogens is 293 g/mol. The standard InChI is InChI=1S/C14H22FN3O2S/c1-2-16-11-12-6-7-14(13(15)10-12)21(19,20)17-18-8-4-3-5-9-18/h6-7,10,16-17H,2-5,8-9,11H2,1H3. The molecule has 1 heterocycles. The lowest BCUT2D eigenvalue weighted by Gasteiger charge is -2.26. The van der Waals surface area contributed by atoms with Crippen molar-refractivity contribution in [1.82, 2.24) is 15.2 Å². The molecule has 0 radical (unpaired) electrons. The van der Waals surface area contributed by atoms with E-state index in [0.29, 0.717) is 19.6 Å². The predicted octanol–water partition coefficient (Wildman–Crippen LogP) is 1.61. The fourth-order valence-electron chi connectivity index (χ4n) is 2.35. The van der Waals surface area contributed by atoms with Crippen molar-refractivity contribution in [2.45, 2.75) is 37.6 Å². The van der Waals surface area contributed by atoms with Crippen LogP contribution >= 0.6 is 0 Å². The Morgan fingerprint density at radius 2 is 1.95 bits per heavy atom. The zero-order chi connectivity index (χ0) is 15.3. The van der Waals surface area contributed by atoms with Crippen LogP contribution in [0.1, 0.15) is 31.7 Å². The van der Waals surface area contributed by atoms with Gasteiger partial charge in [0.25, 0.3) is 10.0 Å². The minimum atomic E-state index is -3.85. The van der Waals surface area contributed by atoms with E-state index in [0.717, 1.165) is 31.4 Å². The maximum Gasteiger partial charge on any atom is 0.256 e. The third-order valence-corrected chi connectivity index (χ3v) is 4.88. The highest BCUT2D eigenvalue weighted by Gasteiger charge is 2.23. The third-order valence-electron chi connectivity index (χ3n) is 3.47. The molecule has 21 heavy (non-hydrogen) atoms. The topological polar surface area (TPSA) is 61.4 Å². The van der Waals surface area contributed by atoms with Crippen molar-refractivity contribution in [3.63, 3.8) is 0 Å². The van der Waals surface area contributed by atoms with Crippen LogP contribution in [-0.4, -0.2) is 33.1 Å². The number of nitrogens with one attached hydrogen (secondary N) is 2. The van der Waals surface area contributed by atoms with Gasteiger partial charge in [-0.15, -0.1) is 4.83 Å². The summed E-state index contributed by atoms with van der Waals surface area (Å²) in [4.78, 5) is 2.17. The van der Waals surface area contributed by atoms with Crippen molar-refractivity contribution in [3.05, 3.63) is 29.6 Å². The van der Waals surface area contributed by atoms with Gasteiger partial charge >= 0.3 is 0 Å². The van der Waals surface area contributed by atoms with Crippen molar-refractivity contribution < 1.29 is 12.8 Å². The molecule has 0 aromatic heterocycles. The predicted molar refractivity (Wildman–Crippen MR) is 79.5 cm³/mol. The lowest BCUT2D eigenvalue weighted by molar-refractivity contribution is 0.199. The Labute approximate surface area is 125 Å².